The Morgan fingerprint density at radius 3 is 2.19 bits per heavy atom. The molecule has 0 unspecified atom stereocenters. The summed E-state index contributed by atoms with van der Waals surface area (Å²) >= 11 is 0. The molecule has 2 aromatic rings. The molecule has 8 heteroatoms. The lowest BCUT2D eigenvalue weighted by Gasteiger charge is -2.12. The lowest BCUT2D eigenvalue weighted by molar-refractivity contribution is -0.127. The fourth-order valence-electron chi connectivity index (χ4n) is 2.90. The summed E-state index contributed by atoms with van der Waals surface area (Å²) in [5.74, 6) is -1.32. The second-order valence-corrected chi connectivity index (χ2v) is 7.83. The van der Waals surface area contributed by atoms with Gasteiger partial charge in [0.1, 0.15) is 0 Å². The van der Waals surface area contributed by atoms with Gasteiger partial charge in [-0.15, -0.1) is 0 Å². The quantitative estimate of drug-likeness (QED) is 0.447. The van der Waals surface area contributed by atoms with Gasteiger partial charge in [-0.25, -0.2) is 4.79 Å². The van der Waals surface area contributed by atoms with Crippen LogP contribution in [0.5, 0.6) is 0 Å². The monoisotopic (exact) mass is 435 g/mol. The number of carbonyl (C=O) groups excluding carboxylic acids is 2. The summed E-state index contributed by atoms with van der Waals surface area (Å²) in [5.41, 5.74) is 1.40. The maximum absolute atomic E-state index is 12.1. The van der Waals surface area contributed by atoms with Crippen LogP contribution in [-0.2, 0) is 4.74 Å². The number of benzene rings is 2. The first-order valence-corrected chi connectivity index (χ1v) is 10.2. The SMILES string of the molecule is CC(C)(O)O.O=C(NC[C@@H]1C[C@H](CNC(=O)c2ccccc2)CO1)Nc1ccccc1.[HH].[HH].[HH]. The average molecular weight is 436 g/mol. The molecule has 0 saturated carbocycles. The van der Waals surface area contributed by atoms with Crippen molar-refractivity contribution >= 4 is 17.6 Å². The first kappa shape index (κ1) is 24.3. The topological polar surface area (TPSA) is 120 Å². The minimum Gasteiger partial charge on any atom is -0.376 e. The molecule has 174 valence electrons. The average Bonchev–Trinajstić information content (AvgIpc) is 3.19. The Bertz CT molecular complexity index is 818. The van der Waals surface area contributed by atoms with Crippen molar-refractivity contribution in [1.29, 1.82) is 0 Å². The molecule has 5 N–H and O–H groups in total. The second kappa shape index (κ2) is 12.0. The standard InChI is InChI=1S/C20H23N3O3.C3H8O2.3H2/c24-19(16-7-3-1-4-8-16)21-12-15-11-18(26-14-15)13-22-20(25)23-17-9-5-2-6-10-17;1-3(2,4)5;;;/h1-10,15,18H,11-14H2,(H,21,24)(H2,22,23,25);4-5H,1-2H3;3*1H/t15-,18+;;;;/m1..../s1. The van der Waals surface area contributed by atoms with Crippen molar-refractivity contribution in [2.45, 2.75) is 32.2 Å². The van der Waals surface area contributed by atoms with Crippen LogP contribution in [0, 0.1) is 5.92 Å². The van der Waals surface area contributed by atoms with Crippen molar-refractivity contribution in [2.75, 3.05) is 25.0 Å². The van der Waals surface area contributed by atoms with Crippen LogP contribution in [0.1, 0.15) is 34.9 Å². The van der Waals surface area contributed by atoms with E-state index in [9.17, 15) is 9.59 Å². The van der Waals surface area contributed by atoms with Crippen molar-refractivity contribution in [3.63, 3.8) is 0 Å². The Balaban J connectivity index is 0. The minimum atomic E-state index is -1.50. The Kier molecular flexibility index (Phi) is 9.45. The number of hydrogen-bond donors (Lipinski definition) is 5. The van der Waals surface area contributed by atoms with Gasteiger partial charge >= 0.3 is 6.03 Å². The summed E-state index contributed by atoms with van der Waals surface area (Å²) in [6, 6.07) is 18.2. The molecule has 0 bridgehead atoms. The van der Waals surface area contributed by atoms with E-state index >= 15 is 0 Å². The van der Waals surface area contributed by atoms with Gasteiger partial charge in [0.15, 0.2) is 5.79 Å². The third-order valence-corrected chi connectivity index (χ3v) is 4.27. The lowest BCUT2D eigenvalue weighted by atomic mass is 10.1. The van der Waals surface area contributed by atoms with Crippen LogP contribution in [0.4, 0.5) is 10.5 Å². The molecule has 0 radical (unpaired) electrons. The van der Waals surface area contributed by atoms with E-state index in [0.29, 0.717) is 25.3 Å². The molecule has 1 aliphatic rings. The number of rotatable bonds is 6. The van der Waals surface area contributed by atoms with E-state index < -0.39 is 5.79 Å². The van der Waals surface area contributed by atoms with Gasteiger partial charge in [-0.2, -0.15) is 0 Å². The molecule has 2 aromatic carbocycles. The molecule has 0 spiro atoms. The third-order valence-electron chi connectivity index (χ3n) is 4.27. The van der Waals surface area contributed by atoms with Gasteiger partial charge in [0.2, 0.25) is 0 Å². The zero-order valence-corrected chi connectivity index (χ0v) is 17.9. The molecule has 1 aliphatic heterocycles. The highest BCUT2D eigenvalue weighted by Crippen LogP contribution is 2.18. The van der Waals surface area contributed by atoms with E-state index in [-0.39, 0.29) is 28.2 Å². The van der Waals surface area contributed by atoms with Crippen LogP contribution in [0.25, 0.3) is 0 Å². The number of nitrogens with one attached hydrogen (secondary N) is 3. The number of urea groups is 1. The summed E-state index contributed by atoms with van der Waals surface area (Å²) in [5, 5.41) is 24.7. The summed E-state index contributed by atoms with van der Waals surface area (Å²) in [4.78, 5) is 23.9. The Morgan fingerprint density at radius 2 is 1.58 bits per heavy atom. The van der Waals surface area contributed by atoms with Crippen LogP contribution in [0.15, 0.2) is 60.7 Å². The number of para-hydroxylation sites is 1. The van der Waals surface area contributed by atoms with Gasteiger partial charge in [0, 0.05) is 34.5 Å². The van der Waals surface area contributed by atoms with Crippen molar-refractivity contribution in [2.24, 2.45) is 5.92 Å². The number of hydrogen-bond acceptors (Lipinski definition) is 5. The highest BCUT2D eigenvalue weighted by Gasteiger charge is 2.26. The normalized spacial score (nSPS) is 17.8. The van der Waals surface area contributed by atoms with Gasteiger partial charge < -0.3 is 30.9 Å². The number of aliphatic hydroxyl groups is 2. The van der Waals surface area contributed by atoms with Gasteiger partial charge in [0.25, 0.3) is 5.91 Å². The molecule has 0 aliphatic carbocycles. The Labute approximate surface area is 187 Å². The van der Waals surface area contributed by atoms with Crippen molar-refractivity contribution in [3.05, 3.63) is 66.2 Å². The van der Waals surface area contributed by atoms with Crippen molar-refractivity contribution < 1.29 is 28.8 Å². The largest absolute Gasteiger partial charge is 0.376 e. The van der Waals surface area contributed by atoms with Crippen molar-refractivity contribution in [1.82, 2.24) is 10.6 Å². The van der Waals surface area contributed by atoms with E-state index in [1.807, 2.05) is 48.5 Å². The highest BCUT2D eigenvalue weighted by atomic mass is 16.5. The van der Waals surface area contributed by atoms with Gasteiger partial charge in [0.05, 0.1) is 12.7 Å². The maximum Gasteiger partial charge on any atom is 0.319 e. The Morgan fingerprint density at radius 1 is 1.00 bits per heavy atom. The zero-order chi connectivity index (χ0) is 22.7. The first-order chi connectivity index (χ1) is 14.7. The Hall–Kier alpha value is -2.94. The molecular weight excluding hydrogens is 398 g/mol. The fourth-order valence-corrected chi connectivity index (χ4v) is 2.90. The predicted octanol–water partition coefficient (Wildman–Crippen LogP) is 3.09. The molecule has 3 rings (SSSR count). The highest BCUT2D eigenvalue weighted by molar-refractivity contribution is 5.94. The maximum atomic E-state index is 12.1. The number of amides is 3. The number of anilines is 1. The lowest BCUT2D eigenvalue weighted by Crippen LogP contribution is -2.35. The van der Waals surface area contributed by atoms with Crippen LogP contribution >= 0.6 is 0 Å². The smallest absolute Gasteiger partial charge is 0.319 e. The molecule has 31 heavy (non-hydrogen) atoms. The van der Waals surface area contributed by atoms with Gasteiger partial charge in [-0.1, -0.05) is 36.4 Å². The third kappa shape index (κ3) is 10.6. The van der Waals surface area contributed by atoms with Crippen LogP contribution in [0.3, 0.4) is 0 Å². The molecule has 3 amide bonds. The summed E-state index contributed by atoms with van der Waals surface area (Å²) in [7, 11) is 0. The minimum absolute atomic E-state index is 0. The summed E-state index contributed by atoms with van der Waals surface area (Å²) in [6.07, 6.45) is 0.774. The molecule has 1 fully saturated rings. The molecule has 0 aromatic heterocycles. The molecule has 2 atom stereocenters. The van der Waals surface area contributed by atoms with E-state index in [1.54, 1.807) is 12.1 Å². The molecule has 1 saturated heterocycles. The number of ether oxygens (including phenoxy) is 1. The van der Waals surface area contributed by atoms with Gasteiger partial charge in [-0.05, 0) is 44.5 Å². The predicted molar refractivity (Wildman–Crippen MR) is 125 cm³/mol. The van der Waals surface area contributed by atoms with E-state index in [1.165, 1.54) is 13.8 Å². The zero-order valence-electron chi connectivity index (χ0n) is 17.9. The van der Waals surface area contributed by atoms with Crippen LogP contribution < -0.4 is 16.0 Å². The molecule has 1 heterocycles. The van der Waals surface area contributed by atoms with E-state index in [2.05, 4.69) is 16.0 Å². The van der Waals surface area contributed by atoms with Crippen LogP contribution in [0.2, 0.25) is 0 Å². The second-order valence-electron chi connectivity index (χ2n) is 7.83. The van der Waals surface area contributed by atoms with E-state index in [4.69, 9.17) is 14.9 Å². The summed E-state index contributed by atoms with van der Waals surface area (Å²) in [6.45, 7) is 4.20. The van der Waals surface area contributed by atoms with Crippen molar-refractivity contribution in [3.8, 4) is 0 Å². The van der Waals surface area contributed by atoms with Crippen LogP contribution in [-0.4, -0.2) is 53.7 Å². The van der Waals surface area contributed by atoms with E-state index in [0.717, 1.165) is 12.1 Å². The van der Waals surface area contributed by atoms with Gasteiger partial charge in [-0.3, -0.25) is 4.79 Å². The fraction of sp³-hybridized carbons (Fsp3) is 0.391. The number of carbonyl (C=O) groups is 2. The molecule has 8 nitrogen and oxygen atoms in total. The summed E-state index contributed by atoms with van der Waals surface area (Å²) < 4.78 is 5.71. The first-order valence-electron chi connectivity index (χ1n) is 10.2. The molecular formula is C23H37N3O5.